The minimum absolute atomic E-state index is 0.00157. The number of allylic oxidation sites excluding steroid dienone is 1. The Balaban J connectivity index is 1.66. The zero-order chi connectivity index (χ0) is 11.8. The van der Waals surface area contributed by atoms with Gasteiger partial charge in [0.2, 0.25) is 0 Å². The van der Waals surface area contributed by atoms with E-state index in [0.29, 0.717) is 11.5 Å². The molecule has 2 aliphatic rings. The molecule has 0 N–H and O–H groups in total. The number of likely N-dealkylation sites (tertiary alicyclic amines) is 1. The highest BCUT2D eigenvalue weighted by Gasteiger charge is 2.26. The van der Waals surface area contributed by atoms with Crippen molar-refractivity contribution in [3.8, 4) is 0 Å². The Morgan fingerprint density at radius 3 is 2.41 bits per heavy atom. The highest BCUT2D eigenvalue weighted by molar-refractivity contribution is 5.92. The summed E-state index contributed by atoms with van der Waals surface area (Å²) in [7, 11) is 0. The average molecular weight is 232 g/mol. The van der Waals surface area contributed by atoms with Crippen LogP contribution in [0, 0.1) is 6.92 Å². The van der Waals surface area contributed by atoms with Crippen LogP contribution in [0.4, 0.5) is 0 Å². The third kappa shape index (κ3) is 2.12. The third-order valence-corrected chi connectivity index (χ3v) is 3.50. The van der Waals surface area contributed by atoms with Gasteiger partial charge >= 0.3 is 0 Å². The van der Waals surface area contributed by atoms with Crippen LogP contribution < -0.4 is 0 Å². The van der Waals surface area contributed by atoms with Gasteiger partial charge in [-0.15, -0.1) is 0 Å². The number of hydrogen-bond donors (Lipinski definition) is 0. The van der Waals surface area contributed by atoms with Gasteiger partial charge in [-0.05, 0) is 32.6 Å². The lowest BCUT2D eigenvalue weighted by molar-refractivity contribution is 0.0733. The summed E-state index contributed by atoms with van der Waals surface area (Å²) in [6.07, 6.45) is 4.65. The van der Waals surface area contributed by atoms with Crippen LogP contribution in [-0.4, -0.2) is 29.1 Å². The first kappa shape index (κ1) is 10.6. The van der Waals surface area contributed by atoms with Crippen LogP contribution in [0.25, 0.3) is 0 Å². The molecule has 0 bridgehead atoms. The molecule has 0 atom stereocenters. The molecule has 0 aromatic carbocycles. The quantitative estimate of drug-likeness (QED) is 0.698. The summed E-state index contributed by atoms with van der Waals surface area (Å²) in [5.41, 5.74) is 3.66. The molecule has 4 heteroatoms. The summed E-state index contributed by atoms with van der Waals surface area (Å²) in [6.45, 7) is 3.45. The van der Waals surface area contributed by atoms with Gasteiger partial charge in [0.25, 0.3) is 5.91 Å². The van der Waals surface area contributed by atoms with E-state index in [0.717, 1.165) is 25.9 Å². The van der Waals surface area contributed by atoms with E-state index in [2.05, 4.69) is 5.16 Å². The predicted molar refractivity (Wildman–Crippen MR) is 62.6 cm³/mol. The number of carbonyl (C=O) groups is 1. The Morgan fingerprint density at radius 2 is 1.88 bits per heavy atom. The molecule has 1 aliphatic heterocycles. The molecule has 0 radical (unpaired) electrons. The second kappa shape index (κ2) is 4.02. The van der Waals surface area contributed by atoms with Gasteiger partial charge in [-0.3, -0.25) is 4.79 Å². The fraction of sp³-hybridized carbons (Fsp3) is 0.538. The van der Waals surface area contributed by atoms with Crippen LogP contribution in [0.15, 0.2) is 21.7 Å². The maximum absolute atomic E-state index is 12.1. The van der Waals surface area contributed by atoms with Crippen molar-refractivity contribution < 1.29 is 9.32 Å². The van der Waals surface area contributed by atoms with E-state index >= 15 is 0 Å². The zero-order valence-corrected chi connectivity index (χ0v) is 10.0. The number of hydrogen-bond acceptors (Lipinski definition) is 3. The van der Waals surface area contributed by atoms with E-state index in [4.69, 9.17) is 4.52 Å². The number of carbonyl (C=O) groups excluding carboxylic acids is 1. The maximum atomic E-state index is 12.1. The predicted octanol–water partition coefficient (Wildman–Crippen LogP) is 2.31. The highest BCUT2D eigenvalue weighted by atomic mass is 16.5. The van der Waals surface area contributed by atoms with Crippen molar-refractivity contribution in [1.82, 2.24) is 10.1 Å². The van der Waals surface area contributed by atoms with Crippen LogP contribution in [0.2, 0.25) is 0 Å². The summed E-state index contributed by atoms with van der Waals surface area (Å²) < 4.78 is 4.94. The number of aromatic nitrogens is 1. The van der Waals surface area contributed by atoms with E-state index in [1.165, 1.54) is 12.8 Å². The minimum Gasteiger partial charge on any atom is -0.361 e. The fourth-order valence-electron chi connectivity index (χ4n) is 2.38. The first-order valence-corrected chi connectivity index (χ1v) is 6.16. The second-order valence-corrected chi connectivity index (χ2v) is 4.82. The van der Waals surface area contributed by atoms with Crippen LogP contribution in [-0.2, 0) is 0 Å². The van der Waals surface area contributed by atoms with Gasteiger partial charge in [-0.2, -0.15) is 0 Å². The molecule has 1 saturated carbocycles. The molecular formula is C13H16N2O2. The molecule has 1 aromatic rings. The Labute approximate surface area is 100 Å². The number of piperidine rings is 1. The summed E-state index contributed by atoms with van der Waals surface area (Å²) in [5, 5.41) is 3.78. The number of rotatable bonds is 1. The van der Waals surface area contributed by atoms with Crippen molar-refractivity contribution in [2.45, 2.75) is 32.6 Å². The Kier molecular flexibility index (Phi) is 2.50. The minimum atomic E-state index is 0.00157. The summed E-state index contributed by atoms with van der Waals surface area (Å²) >= 11 is 0. The molecule has 0 unspecified atom stereocenters. The molecule has 1 amide bonds. The number of aryl methyl sites for hydroxylation is 1. The molecule has 90 valence electrons. The zero-order valence-electron chi connectivity index (χ0n) is 10.0. The van der Waals surface area contributed by atoms with Crippen molar-refractivity contribution >= 4 is 5.91 Å². The first-order chi connectivity index (χ1) is 8.24. The molecule has 1 aromatic heterocycles. The van der Waals surface area contributed by atoms with Crippen molar-refractivity contribution in [2.24, 2.45) is 0 Å². The van der Waals surface area contributed by atoms with Crippen molar-refractivity contribution in [3.63, 3.8) is 0 Å². The normalized spacial score (nSPS) is 19.7. The Morgan fingerprint density at radius 1 is 1.24 bits per heavy atom. The van der Waals surface area contributed by atoms with Crippen LogP contribution >= 0.6 is 0 Å². The molecule has 2 heterocycles. The highest BCUT2D eigenvalue weighted by Crippen LogP contribution is 2.36. The van der Waals surface area contributed by atoms with E-state index in [-0.39, 0.29) is 5.91 Å². The van der Waals surface area contributed by atoms with Gasteiger partial charge < -0.3 is 9.42 Å². The van der Waals surface area contributed by atoms with Crippen molar-refractivity contribution in [3.05, 3.63) is 28.7 Å². The largest absolute Gasteiger partial charge is 0.361 e. The van der Waals surface area contributed by atoms with Crippen LogP contribution in [0.1, 0.15) is 41.9 Å². The smallest absolute Gasteiger partial charge is 0.276 e. The van der Waals surface area contributed by atoms with E-state index in [9.17, 15) is 4.79 Å². The molecular weight excluding hydrogens is 216 g/mol. The Bertz CT molecular complexity index is 471. The first-order valence-electron chi connectivity index (χ1n) is 6.16. The van der Waals surface area contributed by atoms with E-state index < -0.39 is 0 Å². The molecule has 17 heavy (non-hydrogen) atoms. The van der Waals surface area contributed by atoms with Gasteiger partial charge in [0.15, 0.2) is 5.69 Å². The number of amides is 1. The topological polar surface area (TPSA) is 46.3 Å². The van der Waals surface area contributed by atoms with Gasteiger partial charge in [0, 0.05) is 19.2 Å². The lowest BCUT2D eigenvalue weighted by Crippen LogP contribution is -2.36. The molecule has 3 rings (SSSR count). The van der Waals surface area contributed by atoms with Gasteiger partial charge in [0.05, 0.1) is 0 Å². The van der Waals surface area contributed by atoms with Crippen molar-refractivity contribution in [2.75, 3.05) is 13.1 Å². The SMILES string of the molecule is Cc1cc(C(=O)N2CCC(=C3CC3)CC2)no1. The Hall–Kier alpha value is -1.58. The monoisotopic (exact) mass is 232 g/mol. The summed E-state index contributed by atoms with van der Waals surface area (Å²) in [5.74, 6) is 0.688. The van der Waals surface area contributed by atoms with Gasteiger partial charge in [0.1, 0.15) is 5.76 Å². The fourth-order valence-corrected chi connectivity index (χ4v) is 2.38. The standard InChI is InChI=1S/C13H16N2O2/c1-9-8-12(14-17-9)13(16)15-6-4-11(5-7-15)10-2-3-10/h8H,2-7H2,1H3. The molecule has 1 aliphatic carbocycles. The lowest BCUT2D eigenvalue weighted by atomic mass is 10.0. The van der Waals surface area contributed by atoms with Crippen molar-refractivity contribution in [1.29, 1.82) is 0 Å². The lowest BCUT2D eigenvalue weighted by Gasteiger charge is -2.27. The molecule has 0 spiro atoms. The maximum Gasteiger partial charge on any atom is 0.276 e. The molecule has 1 saturated heterocycles. The second-order valence-electron chi connectivity index (χ2n) is 4.82. The third-order valence-electron chi connectivity index (χ3n) is 3.50. The van der Waals surface area contributed by atoms with E-state index in [1.807, 2.05) is 4.90 Å². The van der Waals surface area contributed by atoms with Gasteiger partial charge in [-0.25, -0.2) is 0 Å². The van der Waals surface area contributed by atoms with E-state index in [1.54, 1.807) is 24.1 Å². The number of nitrogens with zero attached hydrogens (tertiary/aromatic N) is 2. The van der Waals surface area contributed by atoms with Crippen LogP contribution in [0.3, 0.4) is 0 Å². The summed E-state index contributed by atoms with van der Waals surface area (Å²) in [6, 6.07) is 1.71. The molecule has 4 nitrogen and oxygen atoms in total. The summed E-state index contributed by atoms with van der Waals surface area (Å²) in [4.78, 5) is 14.0. The average Bonchev–Trinajstić information content (AvgIpc) is 3.11. The van der Waals surface area contributed by atoms with Gasteiger partial charge in [-0.1, -0.05) is 16.3 Å². The molecule has 2 fully saturated rings. The van der Waals surface area contributed by atoms with Crippen LogP contribution in [0.5, 0.6) is 0 Å².